The molecular weight excluding hydrogens is 212 g/mol. The van der Waals surface area contributed by atoms with Crippen LogP contribution in [-0.4, -0.2) is 29.3 Å². The molecule has 0 aromatic carbocycles. The van der Waals surface area contributed by atoms with Crippen LogP contribution in [0.25, 0.3) is 0 Å². The smallest absolute Gasteiger partial charge is 0.0552 e. The summed E-state index contributed by atoms with van der Waals surface area (Å²) in [6.45, 7) is 6.08. The average molecular weight is 234 g/mol. The van der Waals surface area contributed by atoms with Gasteiger partial charge in [-0.2, -0.15) is 0 Å². The summed E-state index contributed by atoms with van der Waals surface area (Å²) in [5.41, 5.74) is 2.36. The first-order valence-corrected chi connectivity index (χ1v) is 6.58. The predicted octanol–water partition coefficient (Wildman–Crippen LogP) is 2.24. The maximum absolute atomic E-state index is 9.57. The van der Waals surface area contributed by atoms with Gasteiger partial charge in [-0.3, -0.25) is 4.98 Å². The van der Waals surface area contributed by atoms with Crippen molar-refractivity contribution in [2.45, 2.75) is 39.2 Å². The third-order valence-electron chi connectivity index (χ3n) is 3.76. The summed E-state index contributed by atoms with van der Waals surface area (Å²) in [5.74, 6) is 0.467. The molecule has 0 amide bonds. The molecule has 1 atom stereocenters. The number of aryl methyl sites for hydroxylation is 1. The van der Waals surface area contributed by atoms with Crippen LogP contribution in [0.4, 0.5) is 5.69 Å². The van der Waals surface area contributed by atoms with Crippen molar-refractivity contribution in [3.05, 3.63) is 24.0 Å². The van der Waals surface area contributed by atoms with Gasteiger partial charge in [0.15, 0.2) is 0 Å². The second kappa shape index (κ2) is 5.50. The van der Waals surface area contributed by atoms with Crippen LogP contribution in [0.5, 0.6) is 0 Å². The molecule has 3 nitrogen and oxygen atoms in total. The number of aliphatic hydroxyl groups excluding tert-OH is 1. The van der Waals surface area contributed by atoms with Crippen molar-refractivity contribution in [2.24, 2.45) is 5.92 Å². The lowest BCUT2D eigenvalue weighted by atomic mass is 9.92. The molecule has 1 aliphatic heterocycles. The quantitative estimate of drug-likeness (QED) is 0.871. The van der Waals surface area contributed by atoms with E-state index in [-0.39, 0.29) is 6.10 Å². The number of anilines is 1. The molecule has 2 heterocycles. The van der Waals surface area contributed by atoms with Gasteiger partial charge in [0.2, 0.25) is 0 Å². The SMILES string of the molecule is CCc1ccc(N2CCC(C(C)O)CC2)cn1. The number of pyridine rings is 1. The molecule has 0 bridgehead atoms. The zero-order chi connectivity index (χ0) is 12.3. The Hall–Kier alpha value is -1.09. The fourth-order valence-electron chi connectivity index (χ4n) is 2.45. The van der Waals surface area contributed by atoms with Gasteiger partial charge < -0.3 is 10.0 Å². The Morgan fingerprint density at radius 2 is 2.12 bits per heavy atom. The van der Waals surface area contributed by atoms with Gasteiger partial charge in [-0.15, -0.1) is 0 Å². The average Bonchev–Trinajstić information content (AvgIpc) is 2.39. The summed E-state index contributed by atoms with van der Waals surface area (Å²) in [7, 11) is 0. The molecule has 1 aromatic rings. The molecule has 1 unspecified atom stereocenters. The molecular formula is C14H22N2O. The summed E-state index contributed by atoms with van der Waals surface area (Å²) in [6.07, 6.45) is 4.95. The van der Waals surface area contributed by atoms with Crippen LogP contribution in [0.3, 0.4) is 0 Å². The van der Waals surface area contributed by atoms with Crippen molar-refractivity contribution >= 4 is 5.69 Å². The molecule has 1 saturated heterocycles. The molecule has 1 fully saturated rings. The molecule has 0 aliphatic carbocycles. The van der Waals surface area contributed by atoms with E-state index in [4.69, 9.17) is 0 Å². The van der Waals surface area contributed by atoms with E-state index >= 15 is 0 Å². The van der Waals surface area contributed by atoms with Gasteiger partial charge in [0.1, 0.15) is 0 Å². The Morgan fingerprint density at radius 1 is 1.41 bits per heavy atom. The number of aromatic nitrogens is 1. The first-order chi connectivity index (χ1) is 8.20. The summed E-state index contributed by atoms with van der Waals surface area (Å²) in [5, 5.41) is 9.57. The number of hydrogen-bond donors (Lipinski definition) is 1. The lowest BCUT2D eigenvalue weighted by molar-refractivity contribution is 0.110. The third-order valence-corrected chi connectivity index (χ3v) is 3.76. The highest BCUT2D eigenvalue weighted by molar-refractivity contribution is 5.44. The fourth-order valence-corrected chi connectivity index (χ4v) is 2.45. The van der Waals surface area contributed by atoms with Gasteiger partial charge in [0, 0.05) is 18.8 Å². The summed E-state index contributed by atoms with van der Waals surface area (Å²) in [6, 6.07) is 4.27. The summed E-state index contributed by atoms with van der Waals surface area (Å²) >= 11 is 0. The van der Waals surface area contributed by atoms with Crippen LogP contribution < -0.4 is 4.90 Å². The monoisotopic (exact) mass is 234 g/mol. The van der Waals surface area contributed by atoms with E-state index in [0.717, 1.165) is 38.0 Å². The van der Waals surface area contributed by atoms with Crippen LogP contribution >= 0.6 is 0 Å². The Labute approximate surface area is 103 Å². The number of piperidine rings is 1. The van der Waals surface area contributed by atoms with Gasteiger partial charge in [0.05, 0.1) is 18.0 Å². The van der Waals surface area contributed by atoms with Crippen molar-refractivity contribution < 1.29 is 5.11 Å². The Morgan fingerprint density at radius 3 is 2.59 bits per heavy atom. The molecule has 0 radical (unpaired) electrons. The van der Waals surface area contributed by atoms with Crippen LogP contribution in [-0.2, 0) is 6.42 Å². The lowest BCUT2D eigenvalue weighted by Crippen LogP contribution is -2.37. The topological polar surface area (TPSA) is 36.4 Å². The molecule has 94 valence electrons. The van der Waals surface area contributed by atoms with Crippen LogP contribution in [0.15, 0.2) is 18.3 Å². The lowest BCUT2D eigenvalue weighted by Gasteiger charge is -2.34. The predicted molar refractivity (Wildman–Crippen MR) is 70.2 cm³/mol. The van der Waals surface area contributed by atoms with Gasteiger partial charge in [-0.1, -0.05) is 6.92 Å². The highest BCUT2D eigenvalue weighted by Crippen LogP contribution is 2.24. The molecule has 1 N–H and O–H groups in total. The molecule has 2 rings (SSSR count). The van der Waals surface area contributed by atoms with E-state index in [9.17, 15) is 5.11 Å². The summed E-state index contributed by atoms with van der Waals surface area (Å²) < 4.78 is 0. The maximum atomic E-state index is 9.57. The van der Waals surface area contributed by atoms with Gasteiger partial charge in [0.25, 0.3) is 0 Å². The zero-order valence-corrected chi connectivity index (χ0v) is 10.8. The standard InChI is InChI=1S/C14H22N2O/c1-3-13-4-5-14(10-15-13)16-8-6-12(7-9-16)11(2)17/h4-5,10-12,17H,3,6-9H2,1-2H3. The van der Waals surface area contributed by atoms with Crippen molar-refractivity contribution in [2.75, 3.05) is 18.0 Å². The third kappa shape index (κ3) is 2.97. The van der Waals surface area contributed by atoms with Crippen LogP contribution in [0, 0.1) is 5.92 Å². The van der Waals surface area contributed by atoms with E-state index in [1.807, 2.05) is 13.1 Å². The summed E-state index contributed by atoms with van der Waals surface area (Å²) in [4.78, 5) is 6.80. The second-order valence-electron chi connectivity index (χ2n) is 4.93. The van der Waals surface area contributed by atoms with Gasteiger partial charge in [-0.05, 0) is 44.2 Å². The zero-order valence-electron chi connectivity index (χ0n) is 10.8. The molecule has 0 spiro atoms. The van der Waals surface area contributed by atoms with Crippen LogP contribution in [0.1, 0.15) is 32.4 Å². The van der Waals surface area contributed by atoms with Crippen molar-refractivity contribution in [3.63, 3.8) is 0 Å². The van der Waals surface area contributed by atoms with Crippen molar-refractivity contribution in [3.8, 4) is 0 Å². The number of hydrogen-bond acceptors (Lipinski definition) is 3. The van der Waals surface area contributed by atoms with Crippen LogP contribution in [0.2, 0.25) is 0 Å². The van der Waals surface area contributed by atoms with E-state index < -0.39 is 0 Å². The van der Waals surface area contributed by atoms with Crippen molar-refractivity contribution in [1.82, 2.24) is 4.98 Å². The number of rotatable bonds is 3. The molecule has 0 saturated carbocycles. The van der Waals surface area contributed by atoms with Crippen molar-refractivity contribution in [1.29, 1.82) is 0 Å². The Kier molecular flexibility index (Phi) is 4.00. The minimum absolute atomic E-state index is 0.169. The minimum Gasteiger partial charge on any atom is -0.393 e. The second-order valence-corrected chi connectivity index (χ2v) is 4.93. The highest BCUT2D eigenvalue weighted by atomic mass is 16.3. The first kappa shape index (κ1) is 12.4. The van der Waals surface area contributed by atoms with E-state index in [0.29, 0.717) is 5.92 Å². The normalized spacial score (nSPS) is 19.4. The number of nitrogens with zero attached hydrogens (tertiary/aromatic N) is 2. The Bertz CT molecular complexity index is 340. The molecule has 3 heteroatoms. The number of aliphatic hydroxyl groups is 1. The first-order valence-electron chi connectivity index (χ1n) is 6.58. The van der Waals surface area contributed by atoms with E-state index in [1.165, 1.54) is 5.69 Å². The molecule has 1 aliphatic rings. The molecule has 17 heavy (non-hydrogen) atoms. The fraction of sp³-hybridized carbons (Fsp3) is 0.643. The van der Waals surface area contributed by atoms with E-state index in [1.54, 1.807) is 0 Å². The highest BCUT2D eigenvalue weighted by Gasteiger charge is 2.22. The maximum Gasteiger partial charge on any atom is 0.0552 e. The Balaban J connectivity index is 1.95. The molecule has 1 aromatic heterocycles. The largest absolute Gasteiger partial charge is 0.393 e. The van der Waals surface area contributed by atoms with Gasteiger partial charge >= 0.3 is 0 Å². The minimum atomic E-state index is -0.169. The van der Waals surface area contributed by atoms with E-state index in [2.05, 4.69) is 28.9 Å². The van der Waals surface area contributed by atoms with Gasteiger partial charge in [-0.25, -0.2) is 0 Å².